The van der Waals surface area contributed by atoms with E-state index in [4.69, 9.17) is 22.1 Å². The first-order valence-electron chi connectivity index (χ1n) is 15.0. The van der Waals surface area contributed by atoms with Gasteiger partial charge in [0.05, 0.1) is 27.7 Å². The average molecular weight is 674 g/mol. The zero-order valence-corrected chi connectivity index (χ0v) is 27.5. The van der Waals surface area contributed by atoms with Crippen molar-refractivity contribution in [1.29, 1.82) is 0 Å². The summed E-state index contributed by atoms with van der Waals surface area (Å²) in [6.07, 6.45) is 3.64. The standard InChI is InChI=1S/C37H28FN5O3S2/c1-24-34(36(45)43(40(24)2)30-11-7-4-8-12-30)42-35(44)32(48-37(42)47)21-27-22-41(29-9-5-3-6-10-29)39-33(27)26-15-19-31(20-16-26)46-23-25-13-17-28(38)18-14-25/h3-22H,23H2,1-2H3. The lowest BCUT2D eigenvalue weighted by atomic mass is 10.1. The molecule has 1 fully saturated rings. The van der Waals surface area contributed by atoms with Gasteiger partial charge in [-0.1, -0.05) is 72.5 Å². The summed E-state index contributed by atoms with van der Waals surface area (Å²) in [4.78, 5) is 29.4. The van der Waals surface area contributed by atoms with Crippen LogP contribution in [0.4, 0.5) is 10.1 Å². The molecular formula is C37H28FN5O3S2. The van der Waals surface area contributed by atoms with E-state index in [1.807, 2.05) is 91.1 Å². The van der Waals surface area contributed by atoms with Crippen molar-refractivity contribution in [3.8, 4) is 28.4 Å². The van der Waals surface area contributed by atoms with Gasteiger partial charge in [-0.25, -0.2) is 13.8 Å². The van der Waals surface area contributed by atoms with Gasteiger partial charge < -0.3 is 4.74 Å². The van der Waals surface area contributed by atoms with E-state index >= 15 is 0 Å². The second-order valence-corrected chi connectivity index (χ2v) is 12.8. The molecule has 0 unspecified atom stereocenters. The van der Waals surface area contributed by atoms with E-state index in [2.05, 4.69) is 0 Å². The number of ether oxygens (including phenoxy) is 1. The highest BCUT2D eigenvalue weighted by atomic mass is 32.2. The second kappa shape index (κ2) is 12.9. The molecule has 0 radical (unpaired) electrons. The van der Waals surface area contributed by atoms with Crippen molar-refractivity contribution in [2.45, 2.75) is 13.5 Å². The fourth-order valence-corrected chi connectivity index (χ4v) is 6.76. The Morgan fingerprint density at radius 3 is 2.19 bits per heavy atom. The minimum atomic E-state index is -0.376. The van der Waals surface area contributed by atoms with Gasteiger partial charge in [0.2, 0.25) is 0 Å². The van der Waals surface area contributed by atoms with E-state index in [0.717, 1.165) is 28.6 Å². The van der Waals surface area contributed by atoms with Crippen LogP contribution in [0.5, 0.6) is 5.75 Å². The number of benzene rings is 4. The Labute approximate surface area is 285 Å². The first-order valence-corrected chi connectivity index (χ1v) is 16.3. The molecule has 0 aliphatic carbocycles. The van der Waals surface area contributed by atoms with Crippen molar-refractivity contribution >= 4 is 46.0 Å². The summed E-state index contributed by atoms with van der Waals surface area (Å²) >= 11 is 6.83. The molecule has 3 heterocycles. The molecule has 2 aromatic heterocycles. The molecule has 1 aliphatic heterocycles. The summed E-state index contributed by atoms with van der Waals surface area (Å²) in [5.74, 6) is -0.0241. The molecule has 1 amide bonds. The first-order chi connectivity index (χ1) is 23.3. The monoisotopic (exact) mass is 673 g/mol. The highest BCUT2D eigenvalue weighted by Gasteiger charge is 2.38. The van der Waals surface area contributed by atoms with Crippen molar-refractivity contribution in [3.05, 3.63) is 153 Å². The molecule has 1 aliphatic rings. The summed E-state index contributed by atoms with van der Waals surface area (Å²) in [7, 11) is 1.78. The van der Waals surface area contributed by atoms with Crippen LogP contribution in [-0.2, 0) is 18.4 Å². The zero-order valence-electron chi connectivity index (χ0n) is 25.9. The number of nitrogens with zero attached hydrogens (tertiary/aromatic N) is 5. The quantitative estimate of drug-likeness (QED) is 0.123. The molecule has 0 N–H and O–H groups in total. The van der Waals surface area contributed by atoms with Gasteiger partial charge in [-0.2, -0.15) is 5.10 Å². The number of aromatic nitrogens is 4. The number of hydrogen-bond donors (Lipinski definition) is 0. The third-order valence-corrected chi connectivity index (χ3v) is 9.34. The van der Waals surface area contributed by atoms with Crippen LogP contribution in [-0.4, -0.2) is 29.4 Å². The van der Waals surface area contributed by atoms with Crippen LogP contribution in [0.3, 0.4) is 0 Å². The molecule has 238 valence electrons. The molecule has 11 heteroatoms. The first kappa shape index (κ1) is 31.1. The van der Waals surface area contributed by atoms with E-state index in [1.54, 1.807) is 41.5 Å². The highest BCUT2D eigenvalue weighted by molar-refractivity contribution is 8.27. The Hall–Kier alpha value is -5.52. The van der Waals surface area contributed by atoms with Gasteiger partial charge in [-0.3, -0.25) is 19.2 Å². The normalized spacial score (nSPS) is 13.9. The lowest BCUT2D eigenvalue weighted by molar-refractivity contribution is -0.113. The number of halogens is 1. The lowest BCUT2D eigenvalue weighted by Gasteiger charge is -2.12. The van der Waals surface area contributed by atoms with E-state index in [-0.39, 0.29) is 27.3 Å². The lowest BCUT2D eigenvalue weighted by Crippen LogP contribution is -2.33. The fraction of sp³-hybridized carbons (Fsp3) is 0.0811. The van der Waals surface area contributed by atoms with Gasteiger partial charge >= 0.3 is 0 Å². The van der Waals surface area contributed by atoms with Crippen molar-refractivity contribution < 1.29 is 13.9 Å². The number of hydrogen-bond acceptors (Lipinski definition) is 6. The van der Waals surface area contributed by atoms with Crippen LogP contribution < -0.4 is 15.2 Å². The molecule has 0 saturated carbocycles. The maximum atomic E-state index is 14.0. The van der Waals surface area contributed by atoms with Gasteiger partial charge in [0.1, 0.15) is 23.9 Å². The minimum Gasteiger partial charge on any atom is -0.489 e. The number of anilines is 1. The van der Waals surface area contributed by atoms with Gasteiger partial charge in [0, 0.05) is 24.4 Å². The van der Waals surface area contributed by atoms with Crippen LogP contribution in [0.1, 0.15) is 16.8 Å². The van der Waals surface area contributed by atoms with Gasteiger partial charge in [-0.15, -0.1) is 0 Å². The molecule has 7 rings (SSSR count). The van der Waals surface area contributed by atoms with Crippen LogP contribution in [0.2, 0.25) is 0 Å². The summed E-state index contributed by atoms with van der Waals surface area (Å²) in [6, 6.07) is 32.6. The number of rotatable bonds is 8. The predicted octanol–water partition coefficient (Wildman–Crippen LogP) is 7.46. The Bertz CT molecular complexity index is 2240. The number of carbonyl (C=O) groups excluding carboxylic acids is 1. The molecule has 6 aromatic rings. The van der Waals surface area contributed by atoms with Crippen LogP contribution >= 0.6 is 24.0 Å². The summed E-state index contributed by atoms with van der Waals surface area (Å²) in [6.45, 7) is 2.10. The number of para-hydroxylation sites is 2. The Morgan fingerprint density at radius 2 is 1.52 bits per heavy atom. The third kappa shape index (κ3) is 5.89. The SMILES string of the molecule is Cc1c(N2C(=O)C(=Cc3cn(-c4ccccc4)nc3-c3ccc(OCc4ccc(F)cc4)cc3)SC2=S)c(=O)n(-c2ccccc2)n1C. The Morgan fingerprint density at radius 1 is 0.875 bits per heavy atom. The maximum absolute atomic E-state index is 14.0. The Balaban J connectivity index is 1.22. The van der Waals surface area contributed by atoms with Crippen molar-refractivity contribution in [3.63, 3.8) is 0 Å². The van der Waals surface area contributed by atoms with E-state index in [0.29, 0.717) is 39.9 Å². The smallest absolute Gasteiger partial charge is 0.296 e. The number of thioether (sulfide) groups is 1. The van der Waals surface area contributed by atoms with Crippen molar-refractivity contribution in [2.75, 3.05) is 4.90 Å². The molecule has 1 saturated heterocycles. The molecular weight excluding hydrogens is 646 g/mol. The zero-order chi connectivity index (χ0) is 33.4. The molecule has 0 atom stereocenters. The maximum Gasteiger partial charge on any atom is 0.296 e. The fourth-order valence-electron chi connectivity index (χ4n) is 5.50. The molecule has 0 spiro atoms. The summed E-state index contributed by atoms with van der Waals surface area (Å²) < 4.78 is 24.5. The largest absolute Gasteiger partial charge is 0.489 e. The molecule has 8 nitrogen and oxygen atoms in total. The average Bonchev–Trinajstić information content (AvgIpc) is 3.72. The predicted molar refractivity (Wildman–Crippen MR) is 191 cm³/mol. The van der Waals surface area contributed by atoms with Gasteiger partial charge in [0.25, 0.3) is 11.5 Å². The molecule has 48 heavy (non-hydrogen) atoms. The van der Waals surface area contributed by atoms with Crippen molar-refractivity contribution in [2.24, 2.45) is 7.05 Å². The topological polar surface area (TPSA) is 74.3 Å². The van der Waals surface area contributed by atoms with E-state index in [9.17, 15) is 14.0 Å². The Kier molecular flexibility index (Phi) is 8.38. The molecule has 0 bridgehead atoms. The van der Waals surface area contributed by atoms with Crippen LogP contribution in [0, 0.1) is 12.7 Å². The number of carbonyl (C=O) groups is 1. The van der Waals surface area contributed by atoms with Crippen LogP contribution in [0.25, 0.3) is 28.7 Å². The second-order valence-electron chi connectivity index (χ2n) is 11.1. The van der Waals surface area contributed by atoms with Crippen LogP contribution in [0.15, 0.2) is 125 Å². The number of thiocarbonyl (C=S) groups is 1. The molecule has 4 aromatic carbocycles. The van der Waals surface area contributed by atoms with Gasteiger partial charge in [0.15, 0.2) is 4.32 Å². The van der Waals surface area contributed by atoms with E-state index in [1.165, 1.54) is 21.7 Å². The summed E-state index contributed by atoms with van der Waals surface area (Å²) in [5.41, 5.74) is 5.05. The van der Waals surface area contributed by atoms with Crippen molar-refractivity contribution in [1.82, 2.24) is 19.1 Å². The highest BCUT2D eigenvalue weighted by Crippen LogP contribution is 2.38. The third-order valence-electron chi connectivity index (χ3n) is 8.04. The number of amides is 1. The van der Waals surface area contributed by atoms with E-state index < -0.39 is 0 Å². The summed E-state index contributed by atoms with van der Waals surface area (Å²) in [5, 5.41) is 4.89. The minimum absolute atomic E-state index is 0.226. The van der Waals surface area contributed by atoms with Gasteiger partial charge in [-0.05, 0) is 79.2 Å².